The summed E-state index contributed by atoms with van der Waals surface area (Å²) in [4.78, 5) is 1.94. The van der Waals surface area contributed by atoms with Gasteiger partial charge in [0.2, 0.25) is 0 Å². The molecule has 1 aromatic rings. The summed E-state index contributed by atoms with van der Waals surface area (Å²) in [6.45, 7) is 4.04. The van der Waals surface area contributed by atoms with E-state index in [0.717, 1.165) is 12.1 Å². The van der Waals surface area contributed by atoms with Crippen molar-refractivity contribution in [2.24, 2.45) is 0 Å². The molecule has 1 saturated heterocycles. The molecule has 0 bridgehead atoms. The zero-order valence-corrected chi connectivity index (χ0v) is 13.4. The van der Waals surface area contributed by atoms with Crippen molar-refractivity contribution in [2.45, 2.75) is 32.5 Å². The smallest absolute Gasteiger partial charge is 0.151 e. The van der Waals surface area contributed by atoms with Gasteiger partial charge in [0.15, 0.2) is 9.84 Å². The zero-order chi connectivity index (χ0) is 15.5. The summed E-state index contributed by atoms with van der Waals surface area (Å²) >= 11 is 0. The van der Waals surface area contributed by atoms with Gasteiger partial charge in [-0.1, -0.05) is 19.1 Å². The average molecular weight is 314 g/mol. The van der Waals surface area contributed by atoms with Crippen LogP contribution >= 0.6 is 0 Å². The van der Waals surface area contributed by atoms with Crippen LogP contribution < -0.4 is 5.32 Å². The topological polar surface area (TPSA) is 49.4 Å². The molecule has 1 aliphatic rings. The van der Waals surface area contributed by atoms with E-state index in [9.17, 15) is 12.8 Å². The highest BCUT2D eigenvalue weighted by atomic mass is 32.2. The van der Waals surface area contributed by atoms with Crippen LogP contribution in [0.25, 0.3) is 0 Å². The molecular formula is C15H23FN2O2S. The number of nitrogens with zero attached hydrogens (tertiary/aromatic N) is 1. The van der Waals surface area contributed by atoms with E-state index in [0.29, 0.717) is 25.1 Å². The molecule has 2 rings (SSSR count). The van der Waals surface area contributed by atoms with Crippen LogP contribution in [0.2, 0.25) is 0 Å². The summed E-state index contributed by atoms with van der Waals surface area (Å²) in [5.41, 5.74) is 1.66. The second-order valence-electron chi connectivity index (χ2n) is 5.68. The van der Waals surface area contributed by atoms with Gasteiger partial charge < -0.3 is 5.32 Å². The van der Waals surface area contributed by atoms with Crippen LogP contribution in [0.15, 0.2) is 18.2 Å². The second-order valence-corrected chi connectivity index (χ2v) is 7.91. The highest BCUT2D eigenvalue weighted by Gasteiger charge is 2.30. The number of hydrogen-bond donors (Lipinski definition) is 1. The van der Waals surface area contributed by atoms with Crippen LogP contribution in [0.3, 0.4) is 0 Å². The van der Waals surface area contributed by atoms with Crippen LogP contribution in [0.4, 0.5) is 4.39 Å². The quantitative estimate of drug-likeness (QED) is 0.866. The van der Waals surface area contributed by atoms with Gasteiger partial charge >= 0.3 is 0 Å². The lowest BCUT2D eigenvalue weighted by molar-refractivity contribution is 0.250. The minimum atomic E-state index is -2.91. The molecule has 4 nitrogen and oxygen atoms in total. The molecule has 1 unspecified atom stereocenters. The first-order valence-electron chi connectivity index (χ1n) is 7.30. The van der Waals surface area contributed by atoms with Gasteiger partial charge in [0.1, 0.15) is 5.82 Å². The highest BCUT2D eigenvalue weighted by molar-refractivity contribution is 7.91. The summed E-state index contributed by atoms with van der Waals surface area (Å²) in [6.07, 6.45) is 0.636. The van der Waals surface area contributed by atoms with Crippen molar-refractivity contribution in [3.8, 4) is 0 Å². The first-order chi connectivity index (χ1) is 9.91. The maximum absolute atomic E-state index is 13.9. The Morgan fingerprint density at radius 1 is 1.43 bits per heavy atom. The molecule has 1 atom stereocenters. The SMILES string of the molecule is CCNCc1ccc(F)c(CN(C)C2CCS(=O)(=O)C2)c1. The number of halogens is 1. The monoisotopic (exact) mass is 314 g/mol. The van der Waals surface area contributed by atoms with Crippen molar-refractivity contribution < 1.29 is 12.8 Å². The van der Waals surface area contributed by atoms with Crippen LogP contribution in [-0.2, 0) is 22.9 Å². The van der Waals surface area contributed by atoms with Crippen LogP contribution in [0.1, 0.15) is 24.5 Å². The lowest BCUT2D eigenvalue weighted by atomic mass is 10.1. The van der Waals surface area contributed by atoms with Gasteiger partial charge in [-0.2, -0.15) is 0 Å². The second kappa shape index (κ2) is 6.85. The summed E-state index contributed by atoms with van der Waals surface area (Å²) < 4.78 is 37.0. The number of benzene rings is 1. The first-order valence-corrected chi connectivity index (χ1v) is 9.12. The molecule has 1 aromatic carbocycles. The van der Waals surface area contributed by atoms with E-state index in [1.807, 2.05) is 24.9 Å². The Balaban J connectivity index is 2.04. The lowest BCUT2D eigenvalue weighted by Crippen LogP contribution is -2.32. The van der Waals surface area contributed by atoms with E-state index in [-0.39, 0.29) is 23.4 Å². The number of sulfone groups is 1. The molecule has 0 saturated carbocycles. The molecule has 1 N–H and O–H groups in total. The van der Waals surface area contributed by atoms with Crippen molar-refractivity contribution in [3.63, 3.8) is 0 Å². The molecule has 1 heterocycles. The van der Waals surface area contributed by atoms with Crippen LogP contribution in [0, 0.1) is 5.82 Å². The number of rotatable bonds is 6. The maximum atomic E-state index is 13.9. The minimum absolute atomic E-state index is 0.00757. The van der Waals surface area contributed by atoms with Crippen molar-refractivity contribution in [1.82, 2.24) is 10.2 Å². The molecule has 0 amide bonds. The maximum Gasteiger partial charge on any atom is 0.151 e. The van der Waals surface area contributed by atoms with E-state index in [1.54, 1.807) is 6.07 Å². The molecule has 1 fully saturated rings. The Bertz CT molecular complexity index is 589. The van der Waals surface area contributed by atoms with E-state index in [4.69, 9.17) is 0 Å². The standard InChI is InChI=1S/C15H23FN2O2S/c1-3-17-9-12-4-5-15(16)13(8-12)10-18(2)14-6-7-21(19,20)11-14/h4-5,8,14,17H,3,6-7,9-11H2,1-2H3. The molecule has 118 valence electrons. The largest absolute Gasteiger partial charge is 0.313 e. The summed E-state index contributed by atoms with van der Waals surface area (Å²) in [5.74, 6) is 0.190. The molecule has 6 heteroatoms. The van der Waals surface area contributed by atoms with Gasteiger partial charge in [0, 0.05) is 24.7 Å². The summed E-state index contributed by atoms with van der Waals surface area (Å²) in [5, 5.41) is 3.22. The van der Waals surface area contributed by atoms with Gasteiger partial charge in [-0.05, 0) is 31.6 Å². The van der Waals surface area contributed by atoms with Gasteiger partial charge in [0.25, 0.3) is 0 Å². The minimum Gasteiger partial charge on any atom is -0.313 e. The highest BCUT2D eigenvalue weighted by Crippen LogP contribution is 2.20. The van der Waals surface area contributed by atoms with Gasteiger partial charge in [-0.25, -0.2) is 12.8 Å². The predicted octanol–water partition coefficient (Wildman–Crippen LogP) is 1.55. The lowest BCUT2D eigenvalue weighted by Gasteiger charge is -2.23. The fourth-order valence-corrected chi connectivity index (χ4v) is 4.45. The number of nitrogens with one attached hydrogen (secondary N) is 1. The van der Waals surface area contributed by atoms with Crippen molar-refractivity contribution >= 4 is 9.84 Å². The third-order valence-electron chi connectivity index (χ3n) is 3.94. The Hall–Kier alpha value is -0.980. The van der Waals surface area contributed by atoms with Gasteiger partial charge in [0.05, 0.1) is 11.5 Å². The molecule has 1 aliphatic heterocycles. The normalized spacial score (nSPS) is 21.0. The van der Waals surface area contributed by atoms with Crippen LogP contribution in [-0.4, -0.2) is 44.5 Å². The molecule has 0 aromatic heterocycles. The van der Waals surface area contributed by atoms with Gasteiger partial charge in [-0.3, -0.25) is 4.90 Å². The van der Waals surface area contributed by atoms with E-state index in [2.05, 4.69) is 5.32 Å². The van der Waals surface area contributed by atoms with E-state index in [1.165, 1.54) is 6.07 Å². The summed E-state index contributed by atoms with van der Waals surface area (Å²) in [6, 6.07) is 5.12. The molecule has 0 spiro atoms. The Kier molecular flexibility index (Phi) is 5.35. The fraction of sp³-hybridized carbons (Fsp3) is 0.600. The van der Waals surface area contributed by atoms with E-state index < -0.39 is 9.84 Å². The molecule has 0 radical (unpaired) electrons. The van der Waals surface area contributed by atoms with Crippen molar-refractivity contribution in [2.75, 3.05) is 25.1 Å². The van der Waals surface area contributed by atoms with Gasteiger partial charge in [-0.15, -0.1) is 0 Å². The predicted molar refractivity (Wildman–Crippen MR) is 82.3 cm³/mol. The fourth-order valence-electron chi connectivity index (χ4n) is 2.65. The summed E-state index contributed by atoms with van der Waals surface area (Å²) in [7, 11) is -1.05. The van der Waals surface area contributed by atoms with Crippen molar-refractivity contribution in [3.05, 3.63) is 35.1 Å². The van der Waals surface area contributed by atoms with E-state index >= 15 is 0 Å². The Morgan fingerprint density at radius 3 is 2.81 bits per heavy atom. The number of hydrogen-bond acceptors (Lipinski definition) is 4. The average Bonchev–Trinajstić information content (AvgIpc) is 2.80. The molecule has 21 heavy (non-hydrogen) atoms. The molecular weight excluding hydrogens is 291 g/mol. The first kappa shape index (κ1) is 16.4. The third kappa shape index (κ3) is 4.49. The third-order valence-corrected chi connectivity index (χ3v) is 5.69. The van der Waals surface area contributed by atoms with Crippen molar-refractivity contribution in [1.29, 1.82) is 0 Å². The van der Waals surface area contributed by atoms with Crippen LogP contribution in [0.5, 0.6) is 0 Å². The zero-order valence-electron chi connectivity index (χ0n) is 12.6. The Morgan fingerprint density at radius 2 is 2.19 bits per heavy atom. The Labute approximate surface area is 126 Å². The molecule has 0 aliphatic carbocycles.